The maximum atomic E-state index is 5.33. The van der Waals surface area contributed by atoms with Gasteiger partial charge in [0.05, 0.1) is 11.2 Å². The number of thiophene rings is 1. The van der Waals surface area contributed by atoms with E-state index in [1.165, 1.54) is 58.6 Å². The van der Waals surface area contributed by atoms with E-state index in [-0.39, 0.29) is 0 Å². The molecular weight excluding hydrogens is 466 g/mol. The van der Waals surface area contributed by atoms with Crippen LogP contribution >= 0.6 is 11.3 Å². The third-order valence-electron chi connectivity index (χ3n) is 7.24. The van der Waals surface area contributed by atoms with Gasteiger partial charge in [-0.1, -0.05) is 92.7 Å². The Morgan fingerprint density at radius 3 is 2.27 bits per heavy atom. The molecule has 1 nitrogen and oxygen atoms in total. The lowest BCUT2D eigenvalue weighted by molar-refractivity contribution is 0.648. The topological polar surface area (TPSA) is 12.9 Å². The summed E-state index contributed by atoms with van der Waals surface area (Å²) in [6.45, 7) is 4.59. The van der Waals surface area contributed by atoms with Crippen LogP contribution in [0.25, 0.3) is 64.2 Å². The highest BCUT2D eigenvalue weighted by molar-refractivity contribution is 7.26. The first kappa shape index (κ1) is 22.2. The van der Waals surface area contributed by atoms with E-state index in [4.69, 9.17) is 4.98 Å². The van der Waals surface area contributed by atoms with Crippen molar-refractivity contribution in [3.8, 4) is 22.4 Å². The van der Waals surface area contributed by atoms with Crippen LogP contribution in [0.3, 0.4) is 0 Å². The van der Waals surface area contributed by atoms with E-state index < -0.39 is 0 Å². The molecule has 5 aromatic carbocycles. The molecule has 2 heteroatoms. The van der Waals surface area contributed by atoms with Gasteiger partial charge in [0.1, 0.15) is 0 Å². The van der Waals surface area contributed by atoms with Crippen molar-refractivity contribution in [2.24, 2.45) is 5.92 Å². The minimum absolute atomic E-state index is 0.589. The van der Waals surface area contributed by atoms with E-state index in [0.29, 0.717) is 5.92 Å². The van der Waals surface area contributed by atoms with Gasteiger partial charge in [0.2, 0.25) is 0 Å². The van der Waals surface area contributed by atoms with Crippen molar-refractivity contribution in [3.05, 3.63) is 115 Å². The van der Waals surface area contributed by atoms with Crippen LogP contribution in [0.2, 0.25) is 0 Å². The number of pyridine rings is 1. The lowest BCUT2D eigenvalue weighted by Gasteiger charge is -2.15. The average Bonchev–Trinajstić information content (AvgIpc) is 3.30. The fraction of sp³-hybridized carbons (Fsp3) is 0.114. The summed E-state index contributed by atoms with van der Waals surface area (Å²) in [4.78, 5) is 5.33. The number of nitrogens with zero attached hydrogens (tertiary/aromatic N) is 1. The fourth-order valence-electron chi connectivity index (χ4n) is 5.66. The molecule has 0 fully saturated rings. The van der Waals surface area contributed by atoms with Crippen molar-refractivity contribution >= 4 is 53.2 Å². The van der Waals surface area contributed by atoms with Crippen LogP contribution in [0, 0.1) is 5.92 Å². The summed E-state index contributed by atoms with van der Waals surface area (Å²) in [5.74, 6) is 0.589. The summed E-state index contributed by atoms with van der Waals surface area (Å²) >= 11 is 1.88. The smallest absolute Gasteiger partial charge is 0.0730 e. The van der Waals surface area contributed by atoms with Gasteiger partial charge in [-0.2, -0.15) is 0 Å². The van der Waals surface area contributed by atoms with E-state index in [9.17, 15) is 0 Å². The van der Waals surface area contributed by atoms with Gasteiger partial charge in [-0.15, -0.1) is 11.3 Å². The van der Waals surface area contributed by atoms with Crippen LogP contribution in [0.4, 0.5) is 0 Å². The number of hydrogen-bond acceptors (Lipinski definition) is 2. The zero-order valence-electron chi connectivity index (χ0n) is 21.0. The van der Waals surface area contributed by atoms with Crippen LogP contribution in [0.1, 0.15) is 19.4 Å². The molecule has 0 bridgehead atoms. The van der Waals surface area contributed by atoms with Gasteiger partial charge < -0.3 is 0 Å². The molecule has 0 saturated heterocycles. The second-order valence-corrected chi connectivity index (χ2v) is 11.4. The maximum Gasteiger partial charge on any atom is 0.0730 e. The molecule has 0 aliphatic heterocycles. The maximum absolute atomic E-state index is 5.33. The Bertz CT molecular complexity index is 1930. The fourth-order valence-corrected chi connectivity index (χ4v) is 6.86. The van der Waals surface area contributed by atoms with Crippen LogP contribution < -0.4 is 0 Å². The van der Waals surface area contributed by atoms with E-state index in [2.05, 4.69) is 123 Å². The Morgan fingerprint density at radius 1 is 0.676 bits per heavy atom. The number of rotatable bonds is 4. The normalized spacial score (nSPS) is 11.9. The molecule has 0 aliphatic rings. The second-order valence-electron chi connectivity index (χ2n) is 10.3. The third kappa shape index (κ3) is 3.80. The second kappa shape index (κ2) is 8.83. The van der Waals surface area contributed by atoms with Crippen molar-refractivity contribution in [1.29, 1.82) is 0 Å². The zero-order chi connectivity index (χ0) is 24.9. The van der Waals surface area contributed by atoms with E-state index >= 15 is 0 Å². The minimum Gasteiger partial charge on any atom is -0.248 e. The molecule has 0 unspecified atom stereocenters. The summed E-state index contributed by atoms with van der Waals surface area (Å²) in [5.41, 5.74) is 7.16. The molecule has 0 amide bonds. The van der Waals surface area contributed by atoms with Crippen molar-refractivity contribution < 1.29 is 0 Å². The summed E-state index contributed by atoms with van der Waals surface area (Å²) < 4.78 is 2.65. The first-order valence-electron chi connectivity index (χ1n) is 13.0. The minimum atomic E-state index is 0.589. The van der Waals surface area contributed by atoms with Crippen molar-refractivity contribution in [1.82, 2.24) is 4.98 Å². The number of aromatic nitrogens is 1. The molecule has 0 aliphatic carbocycles. The molecule has 0 atom stereocenters. The van der Waals surface area contributed by atoms with E-state index in [1.54, 1.807) is 0 Å². The number of fused-ring (bicyclic) bond motifs is 6. The van der Waals surface area contributed by atoms with E-state index in [1.807, 2.05) is 11.3 Å². The van der Waals surface area contributed by atoms with Crippen molar-refractivity contribution in [2.45, 2.75) is 20.3 Å². The van der Waals surface area contributed by atoms with Gasteiger partial charge in [0, 0.05) is 31.1 Å². The summed E-state index contributed by atoms with van der Waals surface area (Å²) in [5, 5.41) is 6.39. The molecule has 0 spiro atoms. The molecule has 7 rings (SSSR count). The lowest BCUT2D eigenvalue weighted by Crippen LogP contribution is -1.96. The zero-order valence-corrected chi connectivity index (χ0v) is 21.8. The van der Waals surface area contributed by atoms with Crippen LogP contribution in [0.5, 0.6) is 0 Å². The summed E-state index contributed by atoms with van der Waals surface area (Å²) in [6.07, 6.45) is 1.05. The predicted molar refractivity (Wildman–Crippen MR) is 162 cm³/mol. The van der Waals surface area contributed by atoms with E-state index in [0.717, 1.165) is 17.6 Å². The Morgan fingerprint density at radius 2 is 1.43 bits per heavy atom. The lowest BCUT2D eigenvalue weighted by atomic mass is 9.93. The third-order valence-corrected chi connectivity index (χ3v) is 8.46. The van der Waals surface area contributed by atoms with Crippen molar-refractivity contribution in [2.75, 3.05) is 0 Å². The van der Waals surface area contributed by atoms with Crippen LogP contribution in [0.15, 0.2) is 109 Å². The highest BCUT2D eigenvalue weighted by atomic mass is 32.1. The number of hydrogen-bond donors (Lipinski definition) is 0. The molecule has 2 heterocycles. The molecule has 0 saturated carbocycles. The first-order valence-corrected chi connectivity index (χ1v) is 13.8. The highest BCUT2D eigenvalue weighted by Gasteiger charge is 2.17. The standard InChI is InChI=1S/C35H27NS/c1-22(2)18-23-19-29-27-14-8-9-15-33(27)37-35(29)30(20-23)32-21-28(24-10-4-3-5-11-24)34-26-13-7-6-12-25(26)16-17-31(34)36-32/h3-17,19-22H,18H2,1-2H3. The largest absolute Gasteiger partial charge is 0.248 e. The van der Waals surface area contributed by atoms with Gasteiger partial charge in [-0.05, 0) is 70.1 Å². The molecule has 2 aromatic heterocycles. The molecule has 7 aromatic rings. The van der Waals surface area contributed by atoms with Crippen LogP contribution in [-0.4, -0.2) is 4.98 Å². The molecule has 178 valence electrons. The summed E-state index contributed by atoms with van der Waals surface area (Å²) in [7, 11) is 0. The van der Waals surface area contributed by atoms with Crippen molar-refractivity contribution in [3.63, 3.8) is 0 Å². The van der Waals surface area contributed by atoms with Crippen LogP contribution in [-0.2, 0) is 6.42 Å². The van der Waals surface area contributed by atoms with Gasteiger partial charge in [0.25, 0.3) is 0 Å². The van der Waals surface area contributed by atoms with Gasteiger partial charge in [-0.3, -0.25) is 0 Å². The SMILES string of the molecule is CC(C)Cc1cc(-c2cc(-c3ccccc3)c3c(ccc4ccccc43)n2)c2sc3ccccc3c2c1. The van der Waals surface area contributed by atoms with Gasteiger partial charge in [0.15, 0.2) is 0 Å². The molecular formula is C35H27NS. The Labute approximate surface area is 221 Å². The Kier molecular flexibility index (Phi) is 5.30. The quantitative estimate of drug-likeness (QED) is 0.222. The average molecular weight is 494 g/mol. The van der Waals surface area contributed by atoms with Gasteiger partial charge in [-0.25, -0.2) is 4.98 Å². The monoisotopic (exact) mass is 493 g/mol. The predicted octanol–water partition coefficient (Wildman–Crippen LogP) is 10.3. The highest BCUT2D eigenvalue weighted by Crippen LogP contribution is 2.43. The first-order chi connectivity index (χ1) is 18.2. The molecule has 37 heavy (non-hydrogen) atoms. The Balaban J connectivity index is 1.59. The molecule has 0 radical (unpaired) electrons. The number of benzene rings is 5. The summed E-state index contributed by atoms with van der Waals surface area (Å²) in [6, 6.07) is 39.7. The van der Waals surface area contributed by atoms with Gasteiger partial charge >= 0.3 is 0 Å². The molecule has 0 N–H and O–H groups in total. The Hall–Kier alpha value is -4.01.